The summed E-state index contributed by atoms with van der Waals surface area (Å²) >= 11 is 1.43. The number of aliphatic hydroxyl groups is 1. The Bertz CT molecular complexity index is 836. The Hall–Kier alpha value is -1.29. The van der Waals surface area contributed by atoms with Gasteiger partial charge in [0, 0.05) is 19.3 Å². The van der Waals surface area contributed by atoms with E-state index < -0.39 is 21.4 Å². The maximum atomic E-state index is 12.3. The number of oxazole rings is 1. The maximum Gasteiger partial charge on any atom is 0.419 e. The number of hydrogen-bond donors (Lipinski definition) is 2. The van der Waals surface area contributed by atoms with Gasteiger partial charge in [0.15, 0.2) is 5.58 Å². The van der Waals surface area contributed by atoms with E-state index in [1.807, 2.05) is 6.26 Å². The lowest BCUT2D eigenvalue weighted by Crippen LogP contribution is -2.42. The van der Waals surface area contributed by atoms with Crippen LogP contribution in [-0.4, -0.2) is 42.2 Å². The van der Waals surface area contributed by atoms with Gasteiger partial charge in [-0.25, -0.2) is 17.9 Å². The molecule has 2 N–H and O–H groups in total. The van der Waals surface area contributed by atoms with Gasteiger partial charge in [0.05, 0.1) is 16.0 Å². The molecule has 0 aliphatic carbocycles. The van der Waals surface area contributed by atoms with Crippen LogP contribution in [0.5, 0.6) is 0 Å². The summed E-state index contributed by atoms with van der Waals surface area (Å²) in [5.41, 5.74) is -0.427. The third-order valence-corrected chi connectivity index (χ3v) is 5.48. The summed E-state index contributed by atoms with van der Waals surface area (Å²) in [6.07, 6.45) is 1.83. The van der Waals surface area contributed by atoms with Gasteiger partial charge >= 0.3 is 5.76 Å². The smallest absolute Gasteiger partial charge is 0.408 e. The minimum Gasteiger partial charge on any atom is -0.408 e. The Labute approximate surface area is 132 Å². The Morgan fingerprint density at radius 2 is 2.14 bits per heavy atom. The second-order valence-electron chi connectivity index (χ2n) is 5.31. The van der Waals surface area contributed by atoms with E-state index in [1.54, 1.807) is 6.92 Å². The van der Waals surface area contributed by atoms with Crippen LogP contribution in [0.4, 0.5) is 0 Å². The van der Waals surface area contributed by atoms with Crippen molar-refractivity contribution in [3.05, 3.63) is 28.7 Å². The van der Waals surface area contributed by atoms with Crippen LogP contribution in [0.2, 0.25) is 0 Å². The molecule has 0 bridgehead atoms. The van der Waals surface area contributed by atoms with Crippen molar-refractivity contribution in [1.29, 1.82) is 0 Å². The first-order chi connectivity index (χ1) is 10.2. The highest BCUT2D eigenvalue weighted by Gasteiger charge is 2.24. The van der Waals surface area contributed by atoms with Crippen LogP contribution >= 0.6 is 11.8 Å². The van der Waals surface area contributed by atoms with Crippen molar-refractivity contribution in [2.24, 2.45) is 7.05 Å². The first-order valence-corrected chi connectivity index (χ1v) is 9.34. The van der Waals surface area contributed by atoms with Crippen molar-refractivity contribution >= 4 is 32.9 Å². The zero-order valence-corrected chi connectivity index (χ0v) is 14.1. The molecule has 0 amide bonds. The van der Waals surface area contributed by atoms with Crippen molar-refractivity contribution in [3.8, 4) is 0 Å². The zero-order chi connectivity index (χ0) is 16.5. The molecule has 0 saturated carbocycles. The van der Waals surface area contributed by atoms with Crippen molar-refractivity contribution in [2.75, 3.05) is 18.6 Å². The lowest BCUT2D eigenvalue weighted by atomic mass is 10.1. The van der Waals surface area contributed by atoms with Crippen LogP contribution in [0.1, 0.15) is 6.92 Å². The Morgan fingerprint density at radius 3 is 2.77 bits per heavy atom. The Balaban J connectivity index is 2.30. The molecule has 0 aliphatic heterocycles. The van der Waals surface area contributed by atoms with Crippen LogP contribution < -0.4 is 10.5 Å². The summed E-state index contributed by atoms with van der Waals surface area (Å²) in [5, 5.41) is 10.0. The molecule has 2 aromatic rings. The summed E-state index contributed by atoms with van der Waals surface area (Å²) in [4.78, 5) is 11.4. The first kappa shape index (κ1) is 17.1. The molecule has 122 valence electrons. The third kappa shape index (κ3) is 3.54. The van der Waals surface area contributed by atoms with Crippen molar-refractivity contribution in [2.45, 2.75) is 17.4 Å². The van der Waals surface area contributed by atoms with E-state index in [0.717, 1.165) is 0 Å². The third-order valence-electron chi connectivity index (χ3n) is 3.17. The van der Waals surface area contributed by atoms with E-state index in [1.165, 1.54) is 41.6 Å². The second kappa shape index (κ2) is 6.07. The molecule has 2 rings (SSSR count). The monoisotopic (exact) mass is 346 g/mol. The molecular formula is C13H18N2O5S2. The van der Waals surface area contributed by atoms with Gasteiger partial charge in [-0.3, -0.25) is 4.57 Å². The predicted octanol–water partition coefficient (Wildman–Crippen LogP) is 0.524. The summed E-state index contributed by atoms with van der Waals surface area (Å²) in [5.74, 6) is -0.148. The fraction of sp³-hybridized carbons (Fsp3) is 0.462. The zero-order valence-electron chi connectivity index (χ0n) is 12.5. The standard InChI is InChI=1S/C13H18N2O5S2/c1-13(17,8-21-3)7-14-22(18,19)9-4-5-11-10(6-9)15(2)12(16)20-11/h4-6,14,17H,7-8H2,1-3H3/t13-/m0/s1. The maximum absolute atomic E-state index is 12.3. The van der Waals surface area contributed by atoms with Gasteiger partial charge in [-0.15, -0.1) is 0 Å². The van der Waals surface area contributed by atoms with E-state index in [9.17, 15) is 18.3 Å². The second-order valence-corrected chi connectivity index (χ2v) is 7.94. The lowest BCUT2D eigenvalue weighted by molar-refractivity contribution is 0.0908. The summed E-state index contributed by atoms with van der Waals surface area (Å²) in [6, 6.07) is 4.16. The normalized spacial score (nSPS) is 15.1. The van der Waals surface area contributed by atoms with E-state index in [0.29, 0.717) is 16.9 Å². The van der Waals surface area contributed by atoms with E-state index in [-0.39, 0.29) is 11.4 Å². The van der Waals surface area contributed by atoms with Gasteiger partial charge in [-0.2, -0.15) is 11.8 Å². The number of sulfonamides is 1. The molecule has 7 nitrogen and oxygen atoms in total. The number of hydrogen-bond acceptors (Lipinski definition) is 6. The number of nitrogens with one attached hydrogen (secondary N) is 1. The molecule has 0 unspecified atom stereocenters. The average molecular weight is 346 g/mol. The number of fused-ring (bicyclic) bond motifs is 1. The highest BCUT2D eigenvalue weighted by atomic mass is 32.2. The van der Waals surface area contributed by atoms with E-state index in [4.69, 9.17) is 4.42 Å². The van der Waals surface area contributed by atoms with E-state index >= 15 is 0 Å². The first-order valence-electron chi connectivity index (χ1n) is 6.47. The van der Waals surface area contributed by atoms with Crippen molar-refractivity contribution in [1.82, 2.24) is 9.29 Å². The minimum atomic E-state index is -3.79. The molecule has 0 radical (unpaired) electrons. The molecule has 1 aromatic heterocycles. The fourth-order valence-corrected chi connectivity index (χ4v) is 3.88. The molecular weight excluding hydrogens is 328 g/mol. The topological polar surface area (TPSA) is 102 Å². The number of aromatic nitrogens is 1. The van der Waals surface area contributed by atoms with Crippen LogP contribution in [0.25, 0.3) is 11.1 Å². The number of aryl methyl sites for hydroxylation is 1. The molecule has 9 heteroatoms. The van der Waals surface area contributed by atoms with Gasteiger partial charge in [-0.05, 0) is 31.4 Å². The van der Waals surface area contributed by atoms with Gasteiger partial charge in [0.25, 0.3) is 0 Å². The molecule has 0 spiro atoms. The van der Waals surface area contributed by atoms with Crippen LogP contribution in [-0.2, 0) is 17.1 Å². The van der Waals surface area contributed by atoms with Gasteiger partial charge < -0.3 is 9.52 Å². The molecule has 0 fully saturated rings. The number of thioether (sulfide) groups is 1. The highest BCUT2D eigenvalue weighted by Crippen LogP contribution is 2.18. The Kier molecular flexibility index (Phi) is 4.71. The fourth-order valence-electron chi connectivity index (χ4n) is 1.97. The van der Waals surface area contributed by atoms with Crippen LogP contribution in [0.3, 0.4) is 0 Å². The SMILES string of the molecule is CSC[C@@](C)(O)CNS(=O)(=O)c1ccc2oc(=O)n(C)c2c1. The molecule has 0 saturated heterocycles. The number of nitrogens with zero attached hydrogens (tertiary/aromatic N) is 1. The van der Waals surface area contributed by atoms with Crippen molar-refractivity contribution < 1.29 is 17.9 Å². The van der Waals surface area contributed by atoms with Gasteiger partial charge in [-0.1, -0.05) is 0 Å². The van der Waals surface area contributed by atoms with E-state index in [2.05, 4.69) is 4.72 Å². The average Bonchev–Trinajstić information content (AvgIpc) is 2.72. The van der Waals surface area contributed by atoms with Gasteiger partial charge in [0.2, 0.25) is 10.0 Å². The van der Waals surface area contributed by atoms with Crippen LogP contribution in [0.15, 0.2) is 32.3 Å². The largest absolute Gasteiger partial charge is 0.419 e. The number of benzene rings is 1. The predicted molar refractivity (Wildman–Crippen MR) is 85.6 cm³/mol. The molecule has 22 heavy (non-hydrogen) atoms. The quantitative estimate of drug-likeness (QED) is 0.791. The molecule has 1 aromatic carbocycles. The molecule has 0 aliphatic rings. The summed E-state index contributed by atoms with van der Waals surface area (Å²) in [7, 11) is -2.29. The number of rotatable bonds is 6. The molecule has 1 atom stereocenters. The minimum absolute atomic E-state index is 0.0105. The summed E-state index contributed by atoms with van der Waals surface area (Å²) < 4.78 is 33.2. The van der Waals surface area contributed by atoms with Crippen molar-refractivity contribution in [3.63, 3.8) is 0 Å². The van der Waals surface area contributed by atoms with Crippen LogP contribution in [0, 0.1) is 0 Å². The highest BCUT2D eigenvalue weighted by molar-refractivity contribution is 7.98. The Morgan fingerprint density at radius 1 is 1.45 bits per heavy atom. The van der Waals surface area contributed by atoms with Gasteiger partial charge in [0.1, 0.15) is 0 Å². The summed E-state index contributed by atoms with van der Waals surface area (Å²) in [6.45, 7) is 1.47. The molecule has 1 heterocycles. The lowest BCUT2D eigenvalue weighted by Gasteiger charge is -2.22.